The van der Waals surface area contributed by atoms with Crippen LogP contribution in [0.15, 0.2) is 23.0 Å². The number of aromatic amines is 1. The Kier molecular flexibility index (Phi) is 7.10. The topological polar surface area (TPSA) is 107 Å². The van der Waals surface area contributed by atoms with E-state index in [1.54, 1.807) is 0 Å². The van der Waals surface area contributed by atoms with E-state index in [1.165, 1.54) is 19.3 Å². The largest absolute Gasteiger partial charge is 0.486 e. The Morgan fingerprint density at radius 1 is 1.05 bits per heavy atom. The standard InChI is InChI=1S/C27H36N6O4/c1-2-23(26-29-30-31-33(26)17-21-9-6-10-35-21)32(20-7-4-3-5-8-20)16-19-13-18-14-24-25(37-12-11-36-24)15-22(18)28-27(19)34/h13-15,20-21,23H,2-12,16-17H2,1H3,(H,28,34)/t21-,23-/m0/s1. The fourth-order valence-corrected chi connectivity index (χ4v) is 6.14. The second kappa shape index (κ2) is 10.8. The van der Waals surface area contributed by atoms with Crippen LogP contribution >= 0.6 is 0 Å². The molecule has 0 unspecified atom stereocenters. The number of hydrogen-bond acceptors (Lipinski definition) is 8. The molecule has 3 aliphatic rings. The molecule has 1 aromatic carbocycles. The van der Waals surface area contributed by atoms with Gasteiger partial charge in [0.05, 0.1) is 24.2 Å². The normalized spacial score (nSPS) is 21.1. The third kappa shape index (κ3) is 5.09. The third-order valence-electron chi connectivity index (χ3n) is 8.03. The SMILES string of the molecule is CC[C@@H](c1nnnn1C[C@@H]1CCCO1)N(Cc1cc2cc3c(cc2[nH]c1=O)OCCO3)C1CCCCC1. The van der Waals surface area contributed by atoms with Crippen LogP contribution < -0.4 is 15.0 Å². The number of ether oxygens (including phenoxy) is 3. The van der Waals surface area contributed by atoms with E-state index in [2.05, 4.69) is 32.3 Å². The molecule has 37 heavy (non-hydrogen) atoms. The Balaban J connectivity index is 1.34. The van der Waals surface area contributed by atoms with E-state index in [0.717, 1.165) is 66.8 Å². The highest BCUT2D eigenvalue weighted by atomic mass is 16.6. The van der Waals surface area contributed by atoms with Crippen molar-refractivity contribution in [2.24, 2.45) is 0 Å². The molecule has 6 rings (SSSR count). The summed E-state index contributed by atoms with van der Waals surface area (Å²) in [6.45, 7) is 5.24. The van der Waals surface area contributed by atoms with Gasteiger partial charge in [0.25, 0.3) is 5.56 Å². The summed E-state index contributed by atoms with van der Waals surface area (Å²) in [6, 6.07) is 6.22. The van der Waals surface area contributed by atoms with Gasteiger partial charge >= 0.3 is 0 Å². The Morgan fingerprint density at radius 2 is 1.86 bits per heavy atom. The fourth-order valence-electron chi connectivity index (χ4n) is 6.14. The van der Waals surface area contributed by atoms with Gasteiger partial charge < -0.3 is 19.2 Å². The van der Waals surface area contributed by atoms with Crippen molar-refractivity contribution < 1.29 is 14.2 Å². The molecule has 3 aromatic rings. The quantitative estimate of drug-likeness (QED) is 0.490. The smallest absolute Gasteiger partial charge is 0.252 e. The zero-order valence-electron chi connectivity index (χ0n) is 21.5. The van der Waals surface area contributed by atoms with Crippen molar-refractivity contribution in [3.8, 4) is 11.5 Å². The lowest BCUT2D eigenvalue weighted by molar-refractivity contribution is 0.0734. The Morgan fingerprint density at radius 3 is 2.62 bits per heavy atom. The lowest BCUT2D eigenvalue weighted by atomic mass is 9.92. The highest BCUT2D eigenvalue weighted by Gasteiger charge is 2.33. The van der Waals surface area contributed by atoms with E-state index in [4.69, 9.17) is 14.2 Å². The zero-order valence-corrected chi connectivity index (χ0v) is 21.5. The first-order chi connectivity index (χ1) is 18.2. The molecule has 0 amide bonds. The van der Waals surface area contributed by atoms with Crippen molar-refractivity contribution in [3.05, 3.63) is 39.9 Å². The maximum absolute atomic E-state index is 13.3. The van der Waals surface area contributed by atoms with E-state index >= 15 is 0 Å². The number of fused-ring (bicyclic) bond motifs is 2. The molecule has 2 fully saturated rings. The van der Waals surface area contributed by atoms with Crippen LogP contribution in [-0.4, -0.2) is 62.1 Å². The molecule has 0 spiro atoms. The summed E-state index contributed by atoms with van der Waals surface area (Å²) in [4.78, 5) is 18.9. The molecule has 0 bridgehead atoms. The lowest BCUT2D eigenvalue weighted by Crippen LogP contribution is -2.41. The molecule has 1 aliphatic carbocycles. The van der Waals surface area contributed by atoms with E-state index in [1.807, 2.05) is 22.9 Å². The average Bonchev–Trinajstić information content (AvgIpc) is 3.61. The van der Waals surface area contributed by atoms with Crippen molar-refractivity contribution in [1.29, 1.82) is 0 Å². The molecule has 1 saturated carbocycles. The Bertz CT molecular complexity index is 1280. The molecule has 2 aromatic heterocycles. The molecule has 10 heteroatoms. The molecule has 198 valence electrons. The number of pyridine rings is 1. The second-order valence-corrected chi connectivity index (χ2v) is 10.4. The van der Waals surface area contributed by atoms with Gasteiger partial charge in [-0.3, -0.25) is 9.69 Å². The van der Waals surface area contributed by atoms with Crippen molar-refractivity contribution in [1.82, 2.24) is 30.1 Å². The number of tetrazole rings is 1. The van der Waals surface area contributed by atoms with E-state index in [-0.39, 0.29) is 17.7 Å². The molecule has 10 nitrogen and oxygen atoms in total. The van der Waals surface area contributed by atoms with E-state index < -0.39 is 0 Å². The van der Waals surface area contributed by atoms with Crippen LogP contribution in [0.25, 0.3) is 10.9 Å². The van der Waals surface area contributed by atoms with Gasteiger partial charge in [0, 0.05) is 36.2 Å². The van der Waals surface area contributed by atoms with Gasteiger partial charge in [-0.05, 0) is 54.7 Å². The first kappa shape index (κ1) is 24.4. The molecule has 2 aliphatic heterocycles. The Hall–Kier alpha value is -2.98. The number of benzene rings is 1. The summed E-state index contributed by atoms with van der Waals surface area (Å²) in [5.41, 5.74) is 1.43. The van der Waals surface area contributed by atoms with Gasteiger partial charge in [-0.1, -0.05) is 26.2 Å². The minimum Gasteiger partial charge on any atom is -0.486 e. The third-order valence-corrected chi connectivity index (χ3v) is 8.03. The number of rotatable bonds is 8. The average molecular weight is 509 g/mol. The minimum absolute atomic E-state index is 0.00914. The summed E-state index contributed by atoms with van der Waals surface area (Å²) >= 11 is 0. The summed E-state index contributed by atoms with van der Waals surface area (Å²) in [6.07, 6.45) is 9.04. The predicted molar refractivity (Wildman–Crippen MR) is 138 cm³/mol. The number of H-pyrrole nitrogens is 1. The Labute approximate surface area is 216 Å². The van der Waals surface area contributed by atoms with Crippen LogP contribution in [0.4, 0.5) is 0 Å². The van der Waals surface area contributed by atoms with Crippen LogP contribution in [0.5, 0.6) is 11.5 Å². The first-order valence-corrected chi connectivity index (χ1v) is 13.8. The monoisotopic (exact) mass is 508 g/mol. The number of nitrogens with one attached hydrogen (secondary N) is 1. The predicted octanol–water partition coefficient (Wildman–Crippen LogP) is 3.75. The van der Waals surface area contributed by atoms with Gasteiger partial charge in [-0.2, -0.15) is 0 Å². The molecule has 0 radical (unpaired) electrons. The molecular weight excluding hydrogens is 472 g/mol. The summed E-state index contributed by atoms with van der Waals surface area (Å²) in [7, 11) is 0. The van der Waals surface area contributed by atoms with Crippen LogP contribution in [0, 0.1) is 0 Å². The first-order valence-electron chi connectivity index (χ1n) is 13.8. The van der Waals surface area contributed by atoms with E-state index in [9.17, 15) is 4.79 Å². The second-order valence-electron chi connectivity index (χ2n) is 10.4. The molecule has 1 N–H and O–H groups in total. The van der Waals surface area contributed by atoms with E-state index in [0.29, 0.717) is 38.1 Å². The molecule has 2 atom stereocenters. The summed E-state index contributed by atoms with van der Waals surface area (Å²) in [5.74, 6) is 2.26. The van der Waals surface area contributed by atoms with Crippen molar-refractivity contribution in [3.63, 3.8) is 0 Å². The highest BCUT2D eigenvalue weighted by Crippen LogP contribution is 2.35. The van der Waals surface area contributed by atoms with Gasteiger partial charge in [-0.15, -0.1) is 5.10 Å². The minimum atomic E-state index is -0.0706. The van der Waals surface area contributed by atoms with Crippen molar-refractivity contribution in [2.75, 3.05) is 19.8 Å². The van der Waals surface area contributed by atoms with Crippen molar-refractivity contribution in [2.45, 2.75) is 89.6 Å². The molecular formula is C27H36N6O4. The lowest BCUT2D eigenvalue weighted by Gasteiger charge is -2.39. The van der Waals surface area contributed by atoms with Crippen LogP contribution in [0.1, 0.15) is 75.7 Å². The number of aromatic nitrogens is 5. The summed E-state index contributed by atoms with van der Waals surface area (Å²) < 4.78 is 19.3. The number of hydrogen-bond donors (Lipinski definition) is 1. The maximum Gasteiger partial charge on any atom is 0.252 e. The van der Waals surface area contributed by atoms with Crippen molar-refractivity contribution >= 4 is 10.9 Å². The fraction of sp³-hybridized carbons (Fsp3) is 0.630. The maximum atomic E-state index is 13.3. The van der Waals surface area contributed by atoms with Crippen LogP contribution in [0.2, 0.25) is 0 Å². The van der Waals surface area contributed by atoms with Gasteiger partial charge in [0.2, 0.25) is 0 Å². The summed E-state index contributed by atoms with van der Waals surface area (Å²) in [5, 5.41) is 13.8. The zero-order chi connectivity index (χ0) is 25.2. The van der Waals surface area contributed by atoms with Gasteiger partial charge in [0.1, 0.15) is 13.2 Å². The van der Waals surface area contributed by atoms with Crippen LogP contribution in [0.3, 0.4) is 0 Å². The van der Waals surface area contributed by atoms with Crippen LogP contribution in [-0.2, 0) is 17.8 Å². The highest BCUT2D eigenvalue weighted by molar-refractivity contribution is 5.83. The molecule has 1 saturated heterocycles. The van der Waals surface area contributed by atoms with Gasteiger partial charge in [-0.25, -0.2) is 4.68 Å². The number of nitrogens with zero attached hydrogens (tertiary/aromatic N) is 5. The molecule has 4 heterocycles. The van der Waals surface area contributed by atoms with Gasteiger partial charge in [0.15, 0.2) is 17.3 Å².